The molecule has 8 heteroatoms. The van der Waals surface area contributed by atoms with Gasteiger partial charge in [0.1, 0.15) is 16.0 Å². The van der Waals surface area contributed by atoms with E-state index in [4.69, 9.17) is 23.2 Å². The van der Waals surface area contributed by atoms with Crippen LogP contribution in [-0.2, 0) is 0 Å². The molecule has 6 nitrogen and oxygen atoms in total. The number of nitrogens with one attached hydrogen (secondary N) is 1. The number of nitro benzene ring substituents is 1. The summed E-state index contributed by atoms with van der Waals surface area (Å²) in [5, 5.41) is 13.5. The quantitative estimate of drug-likeness (QED) is 0.527. The Balaban J connectivity index is 2.35. The topological polar surface area (TPSA) is 85.1 Å². The Kier molecular flexibility index (Phi) is 4.40. The zero-order chi connectivity index (χ0) is 15.6. The Morgan fingerprint density at radius 3 is 2.62 bits per heavy atom. The Bertz CT molecular complexity index is 735. The van der Waals surface area contributed by atoms with Crippen molar-refractivity contribution in [3.8, 4) is 0 Å². The summed E-state index contributed by atoms with van der Waals surface area (Å²) in [7, 11) is 0. The molecule has 0 aliphatic heterocycles. The summed E-state index contributed by atoms with van der Waals surface area (Å²) in [6.45, 7) is 1.76. The van der Waals surface area contributed by atoms with Crippen LogP contribution in [0.5, 0.6) is 0 Å². The lowest BCUT2D eigenvalue weighted by molar-refractivity contribution is -0.383. The number of carbonyl (C=O) groups is 1. The van der Waals surface area contributed by atoms with Crippen LogP contribution in [0.3, 0.4) is 0 Å². The van der Waals surface area contributed by atoms with E-state index in [2.05, 4.69) is 10.3 Å². The fraction of sp³-hybridized carbons (Fsp3) is 0.0769. The summed E-state index contributed by atoms with van der Waals surface area (Å²) in [5.74, 6) is -0.599. The number of aryl methyl sites for hydroxylation is 1. The maximum absolute atomic E-state index is 12.1. The van der Waals surface area contributed by atoms with E-state index in [1.54, 1.807) is 13.0 Å². The molecule has 0 atom stereocenters. The van der Waals surface area contributed by atoms with E-state index in [9.17, 15) is 14.9 Å². The van der Waals surface area contributed by atoms with Crippen LogP contribution < -0.4 is 5.32 Å². The fourth-order valence-corrected chi connectivity index (χ4v) is 2.11. The van der Waals surface area contributed by atoms with Gasteiger partial charge in [0.05, 0.1) is 10.5 Å². The van der Waals surface area contributed by atoms with Gasteiger partial charge in [0.2, 0.25) is 0 Å². The first-order valence-electron chi connectivity index (χ1n) is 5.77. The number of pyridine rings is 1. The molecule has 0 aliphatic rings. The normalized spacial score (nSPS) is 10.2. The number of benzene rings is 1. The van der Waals surface area contributed by atoms with E-state index in [-0.39, 0.29) is 27.2 Å². The van der Waals surface area contributed by atoms with Crippen molar-refractivity contribution < 1.29 is 9.72 Å². The number of rotatable bonds is 3. The summed E-state index contributed by atoms with van der Waals surface area (Å²) in [6.07, 6.45) is 0. The van der Waals surface area contributed by atoms with E-state index in [1.807, 2.05) is 0 Å². The van der Waals surface area contributed by atoms with Gasteiger partial charge in [-0.2, -0.15) is 0 Å². The lowest BCUT2D eigenvalue weighted by atomic mass is 10.2. The van der Waals surface area contributed by atoms with Crippen LogP contribution in [0, 0.1) is 17.0 Å². The molecule has 1 heterocycles. The Morgan fingerprint density at radius 1 is 1.29 bits per heavy atom. The number of nitro groups is 1. The summed E-state index contributed by atoms with van der Waals surface area (Å²) in [4.78, 5) is 26.3. The second-order valence-corrected chi connectivity index (χ2v) is 4.95. The van der Waals surface area contributed by atoms with Gasteiger partial charge >= 0.3 is 0 Å². The molecule has 0 unspecified atom stereocenters. The maximum Gasteiger partial charge on any atom is 0.292 e. The van der Waals surface area contributed by atoms with Gasteiger partial charge in [0.15, 0.2) is 0 Å². The Labute approximate surface area is 129 Å². The largest absolute Gasteiger partial charge is 0.316 e. The number of anilines is 1. The molecule has 2 rings (SSSR count). The van der Waals surface area contributed by atoms with E-state index in [1.165, 1.54) is 24.3 Å². The monoisotopic (exact) mass is 325 g/mol. The molecule has 1 N–H and O–H groups in total. The van der Waals surface area contributed by atoms with Gasteiger partial charge < -0.3 is 5.32 Å². The van der Waals surface area contributed by atoms with Crippen LogP contribution in [0.4, 0.5) is 11.4 Å². The van der Waals surface area contributed by atoms with Crippen LogP contribution in [0.2, 0.25) is 10.3 Å². The van der Waals surface area contributed by atoms with E-state index < -0.39 is 10.8 Å². The van der Waals surface area contributed by atoms with E-state index in [0.717, 1.165) is 5.56 Å². The average molecular weight is 326 g/mol. The first kappa shape index (κ1) is 15.2. The molecule has 0 fully saturated rings. The number of halogens is 2. The third kappa shape index (κ3) is 3.48. The molecule has 0 spiro atoms. The van der Waals surface area contributed by atoms with Crippen molar-refractivity contribution in [3.63, 3.8) is 0 Å². The summed E-state index contributed by atoms with van der Waals surface area (Å²) < 4.78 is 0. The molecule has 0 saturated heterocycles. The second-order valence-electron chi connectivity index (χ2n) is 4.20. The third-order valence-electron chi connectivity index (χ3n) is 2.66. The molecule has 1 aromatic carbocycles. The van der Waals surface area contributed by atoms with E-state index >= 15 is 0 Å². The highest BCUT2D eigenvalue weighted by molar-refractivity contribution is 6.35. The number of nitrogens with zero attached hydrogens (tertiary/aromatic N) is 2. The highest BCUT2D eigenvalue weighted by atomic mass is 35.5. The predicted molar refractivity (Wildman–Crippen MR) is 80.0 cm³/mol. The van der Waals surface area contributed by atoms with Gasteiger partial charge in [-0.05, 0) is 30.7 Å². The maximum atomic E-state index is 12.1. The summed E-state index contributed by atoms with van der Waals surface area (Å²) in [5.41, 5.74) is 0.746. The lowest BCUT2D eigenvalue weighted by Crippen LogP contribution is -2.14. The first-order chi connectivity index (χ1) is 9.88. The number of carbonyl (C=O) groups excluding carboxylic acids is 1. The molecule has 1 aromatic heterocycles. The van der Waals surface area contributed by atoms with Crippen LogP contribution in [0.15, 0.2) is 30.3 Å². The third-order valence-corrected chi connectivity index (χ3v) is 3.15. The van der Waals surface area contributed by atoms with E-state index in [0.29, 0.717) is 0 Å². The average Bonchev–Trinajstić information content (AvgIpc) is 2.37. The number of hydrogen-bond donors (Lipinski definition) is 1. The van der Waals surface area contributed by atoms with Gasteiger partial charge in [-0.1, -0.05) is 29.3 Å². The molecular formula is C13H9Cl2N3O3. The molecule has 0 aliphatic carbocycles. The zero-order valence-corrected chi connectivity index (χ0v) is 12.3. The number of hydrogen-bond acceptors (Lipinski definition) is 4. The van der Waals surface area contributed by atoms with Crippen molar-refractivity contribution in [2.75, 3.05) is 5.32 Å². The Hall–Kier alpha value is -2.18. The smallest absolute Gasteiger partial charge is 0.292 e. The standard InChI is InChI=1S/C13H9Cl2N3O3/c1-7-2-4-10(18(20)21)9(6-7)16-13(19)8-3-5-11(14)17-12(8)15/h2-6H,1H3,(H,16,19). The highest BCUT2D eigenvalue weighted by Crippen LogP contribution is 2.26. The van der Waals surface area contributed by atoms with Crippen LogP contribution in [-0.4, -0.2) is 15.8 Å². The molecule has 2 aromatic rings. The van der Waals surface area contributed by atoms with Crippen LogP contribution in [0.1, 0.15) is 15.9 Å². The highest BCUT2D eigenvalue weighted by Gasteiger charge is 2.18. The van der Waals surface area contributed by atoms with Crippen molar-refractivity contribution in [2.45, 2.75) is 6.92 Å². The van der Waals surface area contributed by atoms with Crippen molar-refractivity contribution in [2.24, 2.45) is 0 Å². The first-order valence-corrected chi connectivity index (χ1v) is 6.52. The fourth-order valence-electron chi connectivity index (χ4n) is 1.68. The van der Waals surface area contributed by atoms with Gasteiger partial charge in [-0.15, -0.1) is 0 Å². The van der Waals surface area contributed by atoms with Crippen molar-refractivity contribution in [1.29, 1.82) is 0 Å². The number of aromatic nitrogens is 1. The second kappa shape index (κ2) is 6.07. The minimum atomic E-state index is -0.599. The molecule has 0 bridgehead atoms. The Morgan fingerprint density at radius 2 is 2.00 bits per heavy atom. The van der Waals surface area contributed by atoms with Crippen molar-refractivity contribution in [1.82, 2.24) is 4.98 Å². The van der Waals surface area contributed by atoms with Crippen molar-refractivity contribution in [3.05, 3.63) is 61.9 Å². The molecule has 1 amide bonds. The zero-order valence-electron chi connectivity index (χ0n) is 10.8. The van der Waals surface area contributed by atoms with Gasteiger partial charge in [-0.3, -0.25) is 14.9 Å². The summed E-state index contributed by atoms with van der Waals surface area (Å²) in [6, 6.07) is 7.23. The molecule has 108 valence electrons. The van der Waals surface area contributed by atoms with Gasteiger partial charge in [0.25, 0.3) is 11.6 Å². The predicted octanol–water partition coefficient (Wildman–Crippen LogP) is 3.86. The number of amides is 1. The minimum Gasteiger partial charge on any atom is -0.316 e. The lowest BCUT2D eigenvalue weighted by Gasteiger charge is -2.08. The van der Waals surface area contributed by atoms with Gasteiger partial charge in [0, 0.05) is 6.07 Å². The molecule has 21 heavy (non-hydrogen) atoms. The molecular weight excluding hydrogens is 317 g/mol. The van der Waals surface area contributed by atoms with Crippen LogP contribution >= 0.6 is 23.2 Å². The minimum absolute atomic E-state index is 0.0738. The molecule has 0 saturated carbocycles. The summed E-state index contributed by atoms with van der Waals surface area (Å²) >= 11 is 11.5. The SMILES string of the molecule is Cc1ccc([N+](=O)[O-])c(NC(=O)c2ccc(Cl)nc2Cl)c1. The van der Waals surface area contributed by atoms with Crippen LogP contribution in [0.25, 0.3) is 0 Å². The molecule has 0 radical (unpaired) electrons. The van der Waals surface area contributed by atoms with Gasteiger partial charge in [-0.25, -0.2) is 4.98 Å². The van der Waals surface area contributed by atoms with Crippen molar-refractivity contribution >= 4 is 40.5 Å².